The fourth-order valence-corrected chi connectivity index (χ4v) is 14.0. The Morgan fingerprint density at radius 3 is 1.91 bits per heavy atom. The monoisotopic (exact) mass is 854 g/mol. The summed E-state index contributed by atoms with van der Waals surface area (Å²) in [4.78, 5) is 5.34. The molecule has 0 radical (unpaired) electrons. The van der Waals surface area contributed by atoms with Gasteiger partial charge < -0.3 is 14.1 Å². The third kappa shape index (κ3) is 4.76. The van der Waals surface area contributed by atoms with E-state index in [1.165, 1.54) is 105 Å². The molecule has 3 aliphatic heterocycles. The summed E-state index contributed by atoms with van der Waals surface area (Å²) in [5, 5.41) is 3.74. The Morgan fingerprint density at radius 2 is 1.15 bits per heavy atom. The van der Waals surface area contributed by atoms with Crippen molar-refractivity contribution in [1.82, 2.24) is 0 Å². The summed E-state index contributed by atoms with van der Waals surface area (Å²) in [6.45, 7) is 11.9. The van der Waals surface area contributed by atoms with Gasteiger partial charge in [-0.3, -0.25) is 0 Å². The van der Waals surface area contributed by atoms with E-state index in [1.54, 1.807) is 0 Å². The molecule has 8 aromatic carbocycles. The van der Waals surface area contributed by atoms with Crippen LogP contribution in [-0.4, -0.2) is 6.85 Å². The summed E-state index contributed by atoms with van der Waals surface area (Å²) in [5.41, 5.74) is 20.7. The van der Waals surface area contributed by atoms with Crippen LogP contribution in [0.5, 0.6) is 0 Å². The van der Waals surface area contributed by atoms with Gasteiger partial charge in [-0.05, 0) is 117 Å². The van der Waals surface area contributed by atoms with Crippen molar-refractivity contribution in [1.29, 1.82) is 0 Å². The zero-order valence-electron chi connectivity index (χ0n) is 37.4. The standard InChI is InChI=1S/C60H47BN2OS/c1-36-33-46-47(59(4,5)32-31-58(46,2)3)35-49(36)62-54-41-24-12-16-29-50(41)64-57(54)61-52-42(34-43-39-23-13-17-30-51(39)65-56(43)55(52)62)40-25-18-27-45-53(40)63(61)48-28-15-14-26-44(48)60(45,37-19-8-6-9-20-37)38-21-10-7-11-22-38/h6-30,33-35H,31-32H2,1-5H3. The van der Waals surface area contributed by atoms with Crippen LogP contribution in [-0.2, 0) is 16.2 Å². The van der Waals surface area contributed by atoms with Crippen molar-refractivity contribution >= 4 is 88.9 Å². The number of hydrogen-bond donors (Lipinski definition) is 0. The van der Waals surface area contributed by atoms with Crippen molar-refractivity contribution in [3.63, 3.8) is 0 Å². The van der Waals surface area contributed by atoms with Gasteiger partial charge in [-0.25, -0.2) is 0 Å². The van der Waals surface area contributed by atoms with Crippen LogP contribution in [0.15, 0.2) is 174 Å². The number of furan rings is 1. The molecule has 0 N–H and O–H groups in total. The van der Waals surface area contributed by atoms with Gasteiger partial charge in [-0.15, -0.1) is 11.3 Å². The molecule has 0 bridgehead atoms. The summed E-state index contributed by atoms with van der Waals surface area (Å²) in [5.74, 6) is 0. The van der Waals surface area contributed by atoms with Crippen molar-refractivity contribution < 1.29 is 4.42 Å². The van der Waals surface area contributed by atoms with Gasteiger partial charge in [0.2, 0.25) is 0 Å². The first-order valence-electron chi connectivity index (χ1n) is 23.3. The molecule has 2 aromatic heterocycles. The van der Waals surface area contributed by atoms with Crippen molar-refractivity contribution in [3.05, 3.63) is 209 Å². The third-order valence-electron chi connectivity index (χ3n) is 15.9. The average Bonchev–Trinajstić information content (AvgIpc) is 3.91. The Hall–Kier alpha value is -6.82. The molecule has 0 saturated heterocycles. The number of aryl methyl sites for hydroxylation is 1. The van der Waals surface area contributed by atoms with Crippen molar-refractivity contribution in [3.8, 4) is 11.1 Å². The molecular formula is C60H47BN2OS. The topological polar surface area (TPSA) is 19.6 Å². The van der Waals surface area contributed by atoms with E-state index in [2.05, 4.69) is 214 Å². The maximum absolute atomic E-state index is 7.46. The summed E-state index contributed by atoms with van der Waals surface area (Å²) in [7, 11) is 0. The molecule has 0 spiro atoms. The highest BCUT2D eigenvalue weighted by atomic mass is 32.1. The van der Waals surface area contributed by atoms with E-state index in [1.807, 2.05) is 11.3 Å². The summed E-state index contributed by atoms with van der Waals surface area (Å²) in [6.07, 6.45) is 2.33. The normalized spacial score (nSPS) is 16.8. The number of rotatable bonds is 3. The number of anilines is 5. The van der Waals surface area contributed by atoms with Gasteiger partial charge in [0.05, 0.1) is 21.5 Å². The molecule has 5 heteroatoms. The fourth-order valence-electron chi connectivity index (χ4n) is 12.7. The molecule has 312 valence electrons. The van der Waals surface area contributed by atoms with Gasteiger partial charge in [0.15, 0.2) is 0 Å². The SMILES string of the molecule is Cc1cc2c(cc1N1c3c(oc4ccccc34)B3c4c(cc5c(sc6ccccc65)c41)-c1cccc4c1N3c1ccccc1C4(c1ccccc1)c1ccccc1)C(C)(C)CCC2(C)C. The zero-order valence-corrected chi connectivity index (χ0v) is 38.2. The zero-order chi connectivity index (χ0) is 43.6. The number of para-hydroxylation sites is 3. The lowest BCUT2D eigenvalue weighted by atomic mass is 9.44. The van der Waals surface area contributed by atoms with E-state index in [0.717, 1.165) is 28.7 Å². The minimum Gasteiger partial charge on any atom is -0.466 e. The molecule has 0 fully saturated rings. The molecule has 3 nitrogen and oxygen atoms in total. The van der Waals surface area contributed by atoms with E-state index < -0.39 is 5.41 Å². The summed E-state index contributed by atoms with van der Waals surface area (Å²) < 4.78 is 10.1. The molecule has 0 amide bonds. The van der Waals surface area contributed by atoms with E-state index >= 15 is 0 Å². The Bertz CT molecular complexity index is 3620. The lowest BCUT2D eigenvalue weighted by Gasteiger charge is -2.52. The minimum absolute atomic E-state index is 0.0345. The largest absolute Gasteiger partial charge is 0.466 e. The van der Waals surface area contributed by atoms with Gasteiger partial charge in [0.1, 0.15) is 11.2 Å². The van der Waals surface area contributed by atoms with Gasteiger partial charge in [0.25, 0.3) is 0 Å². The maximum Gasteiger partial charge on any atom is 0.376 e. The van der Waals surface area contributed by atoms with Crippen LogP contribution in [0.3, 0.4) is 0 Å². The first kappa shape index (κ1) is 37.5. The number of thiophene rings is 1. The van der Waals surface area contributed by atoms with E-state index in [0.29, 0.717) is 0 Å². The highest BCUT2D eigenvalue weighted by molar-refractivity contribution is 7.26. The fraction of sp³-hybridized carbons (Fsp3) is 0.167. The van der Waals surface area contributed by atoms with E-state index in [9.17, 15) is 0 Å². The van der Waals surface area contributed by atoms with Crippen molar-refractivity contribution in [2.75, 3.05) is 9.71 Å². The molecule has 0 unspecified atom stereocenters. The average molecular weight is 855 g/mol. The van der Waals surface area contributed by atoms with Crippen LogP contribution in [0.25, 0.3) is 42.3 Å². The summed E-state index contributed by atoms with van der Waals surface area (Å²) >= 11 is 1.93. The predicted molar refractivity (Wildman–Crippen MR) is 275 cm³/mol. The Morgan fingerprint density at radius 1 is 0.523 bits per heavy atom. The molecule has 1 aliphatic carbocycles. The Balaban J connectivity index is 1.18. The van der Waals surface area contributed by atoms with Gasteiger partial charge in [0, 0.05) is 43.5 Å². The number of hydrogen-bond acceptors (Lipinski definition) is 4. The number of benzene rings is 8. The quantitative estimate of drug-likeness (QED) is 0.165. The lowest BCUT2D eigenvalue weighted by Crippen LogP contribution is -2.62. The van der Waals surface area contributed by atoms with Crippen molar-refractivity contribution in [2.24, 2.45) is 0 Å². The minimum atomic E-state index is -0.585. The molecule has 65 heavy (non-hydrogen) atoms. The van der Waals surface area contributed by atoms with Crippen molar-refractivity contribution in [2.45, 2.75) is 63.7 Å². The first-order valence-corrected chi connectivity index (χ1v) is 24.1. The Labute approximate surface area is 384 Å². The van der Waals surface area contributed by atoms with E-state index in [4.69, 9.17) is 4.42 Å². The van der Waals surface area contributed by atoms with Crippen LogP contribution < -0.4 is 20.8 Å². The second-order valence-corrected chi connectivity index (χ2v) is 21.3. The van der Waals surface area contributed by atoms with Crippen LogP contribution >= 0.6 is 11.3 Å². The third-order valence-corrected chi connectivity index (χ3v) is 17.1. The van der Waals surface area contributed by atoms with Crippen LogP contribution in [0.4, 0.5) is 28.4 Å². The maximum atomic E-state index is 7.46. The molecule has 5 heterocycles. The van der Waals surface area contributed by atoms with Crippen LogP contribution in [0, 0.1) is 6.92 Å². The molecule has 10 aromatic rings. The smallest absolute Gasteiger partial charge is 0.376 e. The highest BCUT2D eigenvalue weighted by Gasteiger charge is 2.56. The van der Waals surface area contributed by atoms with Gasteiger partial charge in [-0.2, -0.15) is 0 Å². The van der Waals surface area contributed by atoms with Crippen LogP contribution in [0.2, 0.25) is 0 Å². The highest BCUT2D eigenvalue weighted by Crippen LogP contribution is 2.62. The number of fused-ring (bicyclic) bond motifs is 13. The molecule has 0 saturated carbocycles. The van der Waals surface area contributed by atoms with Gasteiger partial charge in [-0.1, -0.05) is 161 Å². The number of nitrogens with zero attached hydrogens (tertiary/aromatic N) is 2. The molecule has 4 aliphatic rings. The molecular weight excluding hydrogens is 808 g/mol. The second-order valence-electron chi connectivity index (χ2n) is 20.2. The van der Waals surface area contributed by atoms with Gasteiger partial charge >= 0.3 is 6.85 Å². The van der Waals surface area contributed by atoms with E-state index in [-0.39, 0.29) is 17.7 Å². The predicted octanol–water partition coefficient (Wildman–Crippen LogP) is 14.9. The lowest BCUT2D eigenvalue weighted by molar-refractivity contribution is 0.332. The first-order chi connectivity index (χ1) is 31.7. The Kier molecular flexibility index (Phi) is 7.47. The second kappa shape index (κ2) is 12.9. The van der Waals surface area contributed by atoms with Crippen LogP contribution in [0.1, 0.15) is 79.5 Å². The summed E-state index contributed by atoms with van der Waals surface area (Å²) in [6, 6.07) is 64.1. The molecule has 14 rings (SSSR count). The molecule has 0 atom stereocenters.